The molecule has 0 bridgehead atoms. The van der Waals surface area contributed by atoms with Crippen molar-refractivity contribution in [2.75, 3.05) is 6.54 Å². The van der Waals surface area contributed by atoms with Gasteiger partial charge in [-0.25, -0.2) is 0 Å². The average Bonchev–Trinajstić information content (AvgIpc) is 2.34. The van der Waals surface area contributed by atoms with Gasteiger partial charge in [-0.1, -0.05) is 58.5 Å². The molecule has 0 unspecified atom stereocenters. The fourth-order valence-corrected chi connectivity index (χ4v) is 2.96. The molecule has 0 amide bonds. The summed E-state index contributed by atoms with van der Waals surface area (Å²) in [6, 6.07) is 1.52. The fraction of sp³-hybridized carbons (Fsp3) is 0.933. The molecule has 0 aromatic heterocycles. The summed E-state index contributed by atoms with van der Waals surface area (Å²) in [5.41, 5.74) is 1.50. The van der Waals surface area contributed by atoms with E-state index in [1.807, 2.05) is 0 Å². The van der Waals surface area contributed by atoms with Crippen LogP contribution < -0.4 is 0 Å². The van der Waals surface area contributed by atoms with Crippen LogP contribution >= 0.6 is 0 Å². The first-order valence-electron chi connectivity index (χ1n) is 7.87. The summed E-state index contributed by atoms with van der Waals surface area (Å²) in [4.78, 5) is 4.81. The van der Waals surface area contributed by atoms with Crippen molar-refractivity contribution in [1.29, 1.82) is 0 Å². The molecule has 0 aliphatic heterocycles. The third-order valence-electron chi connectivity index (χ3n) is 3.20. The zero-order chi connectivity index (χ0) is 12.8. The Hall–Kier alpha value is -0.113. The lowest BCUT2D eigenvalue weighted by Crippen LogP contribution is -2.00. The van der Waals surface area contributed by atoms with Gasteiger partial charge in [0, 0.05) is 21.8 Å². The Labute approximate surface area is 111 Å². The lowest BCUT2D eigenvalue weighted by atomic mass is 10.1. The average molecular weight is 256 g/mol. The molecule has 0 spiro atoms. The molecular weight excluding hydrogens is 222 g/mol. The van der Waals surface area contributed by atoms with E-state index in [1.54, 1.807) is 0 Å². The third-order valence-corrected chi connectivity index (χ3v) is 4.41. The molecule has 0 aliphatic rings. The first-order chi connectivity index (χ1) is 8.35. The van der Waals surface area contributed by atoms with Crippen molar-refractivity contribution in [1.82, 2.24) is 0 Å². The highest BCUT2D eigenvalue weighted by atomic mass is 28.2. The highest BCUT2D eigenvalue weighted by Crippen LogP contribution is 2.07. The number of aliphatic imine (C=N–C) groups is 1. The monoisotopic (exact) mass is 255 g/mol. The molecule has 0 aromatic rings. The SMILES string of the molecule is CCCCCCN=C(CCC)CCCC[SiH2]C. The molecule has 0 heterocycles. The predicted molar refractivity (Wildman–Crippen MR) is 84.4 cm³/mol. The van der Waals surface area contributed by atoms with Gasteiger partial charge in [0.15, 0.2) is 0 Å². The molecule has 17 heavy (non-hydrogen) atoms. The number of hydrogen-bond donors (Lipinski definition) is 0. The van der Waals surface area contributed by atoms with Crippen molar-refractivity contribution >= 4 is 15.2 Å². The minimum absolute atomic E-state index is 0.292. The lowest BCUT2D eigenvalue weighted by molar-refractivity contribution is 0.672. The van der Waals surface area contributed by atoms with E-state index in [4.69, 9.17) is 4.99 Å². The molecule has 0 aromatic carbocycles. The maximum Gasteiger partial charge on any atom is 0.0388 e. The molecule has 0 atom stereocenters. The van der Waals surface area contributed by atoms with Crippen molar-refractivity contribution in [3.8, 4) is 0 Å². The van der Waals surface area contributed by atoms with Gasteiger partial charge < -0.3 is 0 Å². The van der Waals surface area contributed by atoms with Gasteiger partial charge in [-0.3, -0.25) is 4.99 Å². The highest BCUT2D eigenvalue weighted by Gasteiger charge is 1.98. The van der Waals surface area contributed by atoms with Crippen LogP contribution in [0.2, 0.25) is 12.6 Å². The summed E-state index contributed by atoms with van der Waals surface area (Å²) < 4.78 is 0. The minimum atomic E-state index is 0.292. The van der Waals surface area contributed by atoms with Crippen molar-refractivity contribution in [2.24, 2.45) is 4.99 Å². The predicted octanol–water partition coefficient (Wildman–Crippen LogP) is 4.61. The standard InChI is InChI=1S/C15H33NSi/c1-4-6-7-9-13-16-15(11-5-2)12-8-10-14-17-3/h4-14,17H2,1-3H3. The van der Waals surface area contributed by atoms with Crippen molar-refractivity contribution < 1.29 is 0 Å². The second-order valence-electron chi connectivity index (χ2n) is 5.07. The topological polar surface area (TPSA) is 12.4 Å². The van der Waals surface area contributed by atoms with E-state index in [1.165, 1.54) is 69.5 Å². The molecule has 0 fully saturated rings. The number of hydrogen-bond acceptors (Lipinski definition) is 1. The summed E-state index contributed by atoms with van der Waals surface area (Å²) in [7, 11) is 0.292. The van der Waals surface area contributed by atoms with Crippen LogP contribution in [0.25, 0.3) is 0 Å². The second kappa shape index (κ2) is 13.9. The quantitative estimate of drug-likeness (QED) is 0.274. The molecule has 0 radical (unpaired) electrons. The Balaban J connectivity index is 3.66. The molecule has 0 rings (SSSR count). The van der Waals surface area contributed by atoms with Gasteiger partial charge in [0.2, 0.25) is 0 Å². The summed E-state index contributed by atoms with van der Waals surface area (Å²) >= 11 is 0. The highest BCUT2D eigenvalue weighted by molar-refractivity contribution is 6.33. The molecule has 2 heteroatoms. The number of rotatable bonds is 12. The Bertz CT molecular complexity index is 178. The molecule has 0 aliphatic carbocycles. The van der Waals surface area contributed by atoms with Crippen LogP contribution in [0.15, 0.2) is 4.99 Å². The maximum absolute atomic E-state index is 4.81. The molecular formula is C15H33NSi. The van der Waals surface area contributed by atoms with Crippen LogP contribution in [-0.4, -0.2) is 21.8 Å². The Morgan fingerprint density at radius 1 is 0.882 bits per heavy atom. The smallest absolute Gasteiger partial charge is 0.0388 e. The van der Waals surface area contributed by atoms with Crippen LogP contribution in [0, 0.1) is 0 Å². The van der Waals surface area contributed by atoms with Gasteiger partial charge >= 0.3 is 0 Å². The largest absolute Gasteiger partial charge is 0.294 e. The Morgan fingerprint density at radius 2 is 1.71 bits per heavy atom. The van der Waals surface area contributed by atoms with Crippen LogP contribution in [-0.2, 0) is 0 Å². The molecule has 102 valence electrons. The van der Waals surface area contributed by atoms with Gasteiger partial charge in [-0.05, 0) is 25.7 Å². The van der Waals surface area contributed by atoms with Gasteiger partial charge in [0.05, 0.1) is 0 Å². The van der Waals surface area contributed by atoms with Gasteiger partial charge in [-0.2, -0.15) is 0 Å². The number of nitrogens with zero attached hydrogens (tertiary/aromatic N) is 1. The fourth-order valence-electron chi connectivity index (χ4n) is 2.10. The van der Waals surface area contributed by atoms with Gasteiger partial charge in [0.1, 0.15) is 0 Å². The first-order valence-corrected chi connectivity index (χ1v) is 10.3. The van der Waals surface area contributed by atoms with Crippen LogP contribution in [0.1, 0.15) is 71.6 Å². The first kappa shape index (κ1) is 16.9. The Morgan fingerprint density at radius 3 is 2.35 bits per heavy atom. The van der Waals surface area contributed by atoms with Crippen molar-refractivity contribution in [3.05, 3.63) is 0 Å². The van der Waals surface area contributed by atoms with Crippen molar-refractivity contribution in [3.63, 3.8) is 0 Å². The minimum Gasteiger partial charge on any atom is -0.294 e. The molecule has 0 saturated carbocycles. The zero-order valence-corrected chi connectivity index (χ0v) is 13.8. The normalized spacial score (nSPS) is 12.8. The van der Waals surface area contributed by atoms with Crippen LogP contribution in [0.5, 0.6) is 0 Å². The van der Waals surface area contributed by atoms with E-state index >= 15 is 0 Å². The van der Waals surface area contributed by atoms with E-state index in [9.17, 15) is 0 Å². The lowest BCUT2D eigenvalue weighted by Gasteiger charge is -2.05. The van der Waals surface area contributed by atoms with Crippen molar-refractivity contribution in [2.45, 2.75) is 84.2 Å². The van der Waals surface area contributed by atoms with Crippen LogP contribution in [0.4, 0.5) is 0 Å². The van der Waals surface area contributed by atoms with Gasteiger partial charge in [0.25, 0.3) is 0 Å². The summed E-state index contributed by atoms with van der Waals surface area (Å²) in [5, 5.41) is 0. The van der Waals surface area contributed by atoms with E-state index in [0.717, 1.165) is 6.54 Å². The third kappa shape index (κ3) is 12.1. The molecule has 1 nitrogen and oxygen atoms in total. The second-order valence-corrected chi connectivity index (χ2v) is 6.78. The van der Waals surface area contributed by atoms with E-state index in [-0.39, 0.29) is 0 Å². The van der Waals surface area contributed by atoms with E-state index < -0.39 is 0 Å². The summed E-state index contributed by atoms with van der Waals surface area (Å²) in [5.74, 6) is 0. The van der Waals surface area contributed by atoms with E-state index in [0.29, 0.717) is 9.52 Å². The molecule has 0 saturated heterocycles. The van der Waals surface area contributed by atoms with Crippen LogP contribution in [0.3, 0.4) is 0 Å². The zero-order valence-electron chi connectivity index (χ0n) is 12.4. The summed E-state index contributed by atoms with van der Waals surface area (Å²) in [6.07, 6.45) is 12.0. The summed E-state index contributed by atoms with van der Waals surface area (Å²) in [6.45, 7) is 8.03. The number of unbranched alkanes of at least 4 members (excludes halogenated alkanes) is 4. The van der Waals surface area contributed by atoms with E-state index in [2.05, 4.69) is 20.4 Å². The van der Waals surface area contributed by atoms with Gasteiger partial charge in [-0.15, -0.1) is 0 Å². The molecule has 0 N–H and O–H groups in total. The Kier molecular flexibility index (Phi) is 13.9. The maximum atomic E-state index is 4.81.